The molecule has 0 aromatic heterocycles. The number of quaternary nitrogens is 1. The number of benzene rings is 1. The summed E-state index contributed by atoms with van der Waals surface area (Å²) < 4.78 is 0.874. The van der Waals surface area contributed by atoms with Gasteiger partial charge >= 0.3 is 0 Å². The largest absolute Gasteiger partial charge is 0.390 e. The smallest absolute Gasteiger partial charge is 0.112 e. The maximum absolute atomic E-state index is 9.95. The zero-order valence-corrected chi connectivity index (χ0v) is 21.3. The van der Waals surface area contributed by atoms with Gasteiger partial charge in [-0.05, 0) is 6.42 Å². The van der Waals surface area contributed by atoms with E-state index in [1.54, 1.807) is 0 Å². The second kappa shape index (κ2) is 18.7. The number of likely N-dealkylation sites (N-methyl/N-ethyl adjacent to an activating group) is 1. The molecule has 0 fully saturated rings. The van der Waals surface area contributed by atoms with Crippen LogP contribution < -0.4 is 0 Å². The molecule has 2 nitrogen and oxygen atoms in total. The molecule has 1 rings (SSSR count). The molecule has 1 atom stereocenters. The highest BCUT2D eigenvalue weighted by molar-refractivity contribution is 5.13. The Morgan fingerprint density at radius 3 is 1.48 bits per heavy atom. The van der Waals surface area contributed by atoms with Crippen LogP contribution >= 0.6 is 0 Å². The fraction of sp³-hybridized carbons (Fsp3) is 0.793. The molecular weight excluding hydrogens is 378 g/mol. The van der Waals surface area contributed by atoms with E-state index in [-0.39, 0.29) is 0 Å². The molecule has 1 unspecified atom stereocenters. The number of rotatable bonds is 21. The van der Waals surface area contributed by atoms with Gasteiger partial charge in [-0.1, -0.05) is 134 Å². The third-order valence-corrected chi connectivity index (χ3v) is 7.02. The molecule has 0 aliphatic rings. The standard InChI is InChI=1S/C29H54NO/c1-4-5-6-7-8-9-10-11-12-13-14-15-16-17-18-22-25-29(27-31)30(2,3)26-28-23-20-19-21-24-28/h19-21,23-24,29,31H,4-18,22,25-27H2,1-3H3/q+1. The first-order valence-corrected chi connectivity index (χ1v) is 13.6. The molecule has 0 amide bonds. The topological polar surface area (TPSA) is 20.2 Å². The minimum atomic E-state index is 0.290. The van der Waals surface area contributed by atoms with E-state index in [1.807, 2.05) is 0 Å². The first-order chi connectivity index (χ1) is 15.1. The molecule has 2 heteroatoms. The Balaban J connectivity index is 1.95. The number of aliphatic hydroxyl groups is 1. The quantitative estimate of drug-likeness (QED) is 0.153. The predicted octanol–water partition coefficient (Wildman–Crippen LogP) is 8.28. The van der Waals surface area contributed by atoms with Crippen molar-refractivity contribution in [2.75, 3.05) is 20.7 Å². The zero-order chi connectivity index (χ0) is 22.6. The van der Waals surface area contributed by atoms with E-state index in [1.165, 1.54) is 108 Å². The molecule has 0 aliphatic carbocycles. The Bertz CT molecular complexity index is 499. The van der Waals surface area contributed by atoms with Crippen molar-refractivity contribution in [3.63, 3.8) is 0 Å². The molecule has 0 bridgehead atoms. The fourth-order valence-corrected chi connectivity index (χ4v) is 4.77. The molecule has 1 N–H and O–H groups in total. The lowest BCUT2D eigenvalue weighted by molar-refractivity contribution is -0.928. The summed E-state index contributed by atoms with van der Waals surface area (Å²) in [6, 6.07) is 11.0. The van der Waals surface area contributed by atoms with Gasteiger partial charge in [0.1, 0.15) is 12.6 Å². The molecule has 0 saturated carbocycles. The molecule has 1 aromatic carbocycles. The average molecular weight is 433 g/mol. The number of unbranched alkanes of at least 4 members (excludes halogenated alkanes) is 15. The van der Waals surface area contributed by atoms with Crippen molar-refractivity contribution in [1.82, 2.24) is 0 Å². The maximum atomic E-state index is 9.95. The molecule has 1 aromatic rings. The van der Waals surface area contributed by atoms with Crippen molar-refractivity contribution in [3.8, 4) is 0 Å². The Morgan fingerprint density at radius 2 is 1.06 bits per heavy atom. The van der Waals surface area contributed by atoms with Crippen LogP contribution in [0.25, 0.3) is 0 Å². The van der Waals surface area contributed by atoms with E-state index in [4.69, 9.17) is 0 Å². The van der Waals surface area contributed by atoms with Gasteiger partial charge in [-0.25, -0.2) is 0 Å². The summed E-state index contributed by atoms with van der Waals surface area (Å²) in [7, 11) is 4.53. The SMILES string of the molecule is CCCCCCCCCCCCCCCCCCC(CO)[N+](C)(C)Cc1ccccc1. The van der Waals surface area contributed by atoms with Crippen LogP contribution in [0, 0.1) is 0 Å². The highest BCUT2D eigenvalue weighted by atomic mass is 16.3. The Labute approximate surface area is 195 Å². The number of aliphatic hydroxyl groups excluding tert-OH is 1. The summed E-state index contributed by atoms with van der Waals surface area (Å²) in [4.78, 5) is 0. The van der Waals surface area contributed by atoms with Gasteiger partial charge in [0.15, 0.2) is 0 Å². The fourth-order valence-electron chi connectivity index (χ4n) is 4.77. The van der Waals surface area contributed by atoms with E-state index in [2.05, 4.69) is 51.4 Å². The lowest BCUT2D eigenvalue weighted by atomic mass is 10.0. The van der Waals surface area contributed by atoms with Crippen molar-refractivity contribution < 1.29 is 9.59 Å². The monoisotopic (exact) mass is 432 g/mol. The average Bonchev–Trinajstić information content (AvgIpc) is 2.76. The molecule has 0 aliphatic heterocycles. The second-order valence-corrected chi connectivity index (χ2v) is 10.4. The number of hydrogen-bond donors (Lipinski definition) is 1. The van der Waals surface area contributed by atoms with Crippen LogP contribution in [0.15, 0.2) is 30.3 Å². The third-order valence-electron chi connectivity index (χ3n) is 7.02. The van der Waals surface area contributed by atoms with Gasteiger partial charge in [-0.2, -0.15) is 0 Å². The van der Waals surface area contributed by atoms with Gasteiger partial charge in [-0.3, -0.25) is 0 Å². The van der Waals surface area contributed by atoms with Crippen molar-refractivity contribution in [3.05, 3.63) is 35.9 Å². The molecule has 180 valence electrons. The minimum absolute atomic E-state index is 0.290. The highest BCUT2D eigenvalue weighted by Gasteiger charge is 2.27. The van der Waals surface area contributed by atoms with Crippen molar-refractivity contribution in [2.45, 2.75) is 129 Å². The lowest BCUT2D eigenvalue weighted by Crippen LogP contribution is -2.50. The van der Waals surface area contributed by atoms with Gasteiger partial charge in [0.2, 0.25) is 0 Å². The van der Waals surface area contributed by atoms with Gasteiger partial charge in [0.25, 0.3) is 0 Å². The molecule has 0 spiro atoms. The maximum Gasteiger partial charge on any atom is 0.112 e. The summed E-state index contributed by atoms with van der Waals surface area (Å²) in [5, 5.41) is 9.95. The normalized spacial score (nSPS) is 12.9. The van der Waals surface area contributed by atoms with Crippen LogP contribution in [-0.2, 0) is 6.54 Å². The van der Waals surface area contributed by atoms with Crippen LogP contribution in [-0.4, -0.2) is 36.3 Å². The minimum Gasteiger partial charge on any atom is -0.390 e. The summed E-state index contributed by atoms with van der Waals surface area (Å²) in [5.74, 6) is 0. The molecular formula is C29H54NO+. The van der Waals surface area contributed by atoms with Crippen LogP contribution in [0.5, 0.6) is 0 Å². The zero-order valence-electron chi connectivity index (χ0n) is 21.3. The van der Waals surface area contributed by atoms with Crippen molar-refractivity contribution in [2.24, 2.45) is 0 Å². The van der Waals surface area contributed by atoms with Crippen LogP contribution in [0.4, 0.5) is 0 Å². The summed E-state index contributed by atoms with van der Waals surface area (Å²) >= 11 is 0. The number of hydrogen-bond acceptors (Lipinski definition) is 1. The van der Waals surface area contributed by atoms with E-state index < -0.39 is 0 Å². The van der Waals surface area contributed by atoms with Crippen molar-refractivity contribution in [1.29, 1.82) is 0 Å². The van der Waals surface area contributed by atoms with Crippen molar-refractivity contribution >= 4 is 0 Å². The Hall–Kier alpha value is -0.860. The third kappa shape index (κ3) is 14.8. The van der Waals surface area contributed by atoms with Gasteiger partial charge < -0.3 is 9.59 Å². The van der Waals surface area contributed by atoms with E-state index in [0.717, 1.165) is 17.4 Å². The molecule has 0 saturated heterocycles. The Kier molecular flexibility index (Phi) is 17.0. The Morgan fingerprint density at radius 1 is 0.645 bits per heavy atom. The van der Waals surface area contributed by atoms with Crippen LogP contribution in [0.2, 0.25) is 0 Å². The highest BCUT2D eigenvalue weighted by Crippen LogP contribution is 2.20. The van der Waals surface area contributed by atoms with Gasteiger partial charge in [-0.15, -0.1) is 0 Å². The first kappa shape index (κ1) is 28.2. The van der Waals surface area contributed by atoms with Crippen LogP contribution in [0.1, 0.15) is 122 Å². The summed E-state index contributed by atoms with van der Waals surface area (Å²) in [5.41, 5.74) is 1.36. The van der Waals surface area contributed by atoms with E-state index in [9.17, 15) is 5.11 Å². The van der Waals surface area contributed by atoms with Crippen LogP contribution in [0.3, 0.4) is 0 Å². The first-order valence-electron chi connectivity index (χ1n) is 13.6. The van der Waals surface area contributed by atoms with E-state index in [0.29, 0.717) is 12.6 Å². The second-order valence-electron chi connectivity index (χ2n) is 10.4. The predicted molar refractivity (Wildman–Crippen MR) is 137 cm³/mol. The molecule has 0 heterocycles. The number of nitrogens with zero attached hydrogens (tertiary/aromatic N) is 1. The lowest BCUT2D eigenvalue weighted by Gasteiger charge is -2.37. The summed E-state index contributed by atoms with van der Waals surface area (Å²) in [6.45, 7) is 3.57. The molecule has 0 radical (unpaired) electrons. The molecule has 31 heavy (non-hydrogen) atoms. The van der Waals surface area contributed by atoms with Gasteiger partial charge in [0, 0.05) is 12.0 Å². The van der Waals surface area contributed by atoms with E-state index >= 15 is 0 Å². The van der Waals surface area contributed by atoms with Gasteiger partial charge in [0.05, 0.1) is 20.7 Å². The summed E-state index contributed by atoms with van der Waals surface area (Å²) in [6.07, 6.45) is 23.7.